The van der Waals surface area contributed by atoms with Crippen molar-refractivity contribution in [3.8, 4) is 0 Å². The van der Waals surface area contributed by atoms with Gasteiger partial charge in [0.1, 0.15) is 0 Å². The van der Waals surface area contributed by atoms with Gasteiger partial charge in [-0.1, -0.05) is 143 Å². The van der Waals surface area contributed by atoms with Gasteiger partial charge < -0.3 is 23.8 Å². The van der Waals surface area contributed by atoms with Crippen LogP contribution in [0.1, 0.15) is 222 Å². The highest BCUT2D eigenvalue weighted by Gasteiger charge is 2.14. The Morgan fingerprint density at radius 1 is 0.400 bits per heavy atom. The van der Waals surface area contributed by atoms with Crippen LogP contribution >= 0.6 is 0 Å². The Morgan fingerprint density at radius 3 is 1.04 bits per heavy atom. The maximum absolute atomic E-state index is 9.92. The van der Waals surface area contributed by atoms with E-state index < -0.39 is 0 Å². The molecule has 7 heteroatoms. The van der Waals surface area contributed by atoms with Crippen LogP contribution in [0.15, 0.2) is 0 Å². The SMILES string of the molecule is CCCCCCCCOCCCCCCCCOC.CCCCCCCCOCCCCCCCCOC=O.CCCN(CCC)CCN(C(C)C)C(C)C. The number of hydrogen-bond acceptors (Lipinski definition) is 7. The Hall–Kier alpha value is -0.730. The average molecular weight is 787 g/mol. The van der Waals surface area contributed by atoms with Crippen molar-refractivity contribution in [2.24, 2.45) is 0 Å². The van der Waals surface area contributed by atoms with Crippen molar-refractivity contribution in [3.05, 3.63) is 0 Å². The van der Waals surface area contributed by atoms with E-state index in [0.717, 1.165) is 45.9 Å². The molecule has 0 aromatic carbocycles. The van der Waals surface area contributed by atoms with Gasteiger partial charge in [-0.05, 0) is 92.2 Å². The summed E-state index contributed by atoms with van der Waals surface area (Å²) in [6.07, 6.45) is 33.5. The molecule has 0 aliphatic carbocycles. The molecule has 0 aliphatic rings. The number of nitrogens with zero attached hydrogens (tertiary/aromatic N) is 2. The zero-order valence-corrected chi connectivity index (χ0v) is 39.1. The molecule has 0 amide bonds. The first-order valence-electron chi connectivity index (χ1n) is 24.0. The van der Waals surface area contributed by atoms with Gasteiger partial charge in [0.15, 0.2) is 0 Å². The highest BCUT2D eigenvalue weighted by molar-refractivity contribution is 5.36. The second-order valence-corrected chi connectivity index (χ2v) is 16.2. The van der Waals surface area contributed by atoms with Crippen LogP contribution in [-0.2, 0) is 23.7 Å². The van der Waals surface area contributed by atoms with Crippen LogP contribution in [0.4, 0.5) is 0 Å². The van der Waals surface area contributed by atoms with Gasteiger partial charge in [0.25, 0.3) is 6.47 Å². The summed E-state index contributed by atoms with van der Waals surface area (Å²) in [4.78, 5) is 15.1. The summed E-state index contributed by atoms with van der Waals surface area (Å²) in [7, 11) is 1.78. The fourth-order valence-electron chi connectivity index (χ4n) is 6.81. The van der Waals surface area contributed by atoms with Crippen LogP contribution < -0.4 is 0 Å². The Bertz CT molecular complexity index is 636. The van der Waals surface area contributed by atoms with Gasteiger partial charge in [0.2, 0.25) is 0 Å². The van der Waals surface area contributed by atoms with Crippen LogP contribution in [0.25, 0.3) is 0 Å². The lowest BCUT2D eigenvalue weighted by atomic mass is 10.1. The van der Waals surface area contributed by atoms with Gasteiger partial charge in [-0.2, -0.15) is 0 Å². The molecule has 0 spiro atoms. The number of carbonyl (C=O) groups excluding carboxylic acids is 1. The van der Waals surface area contributed by atoms with Crippen molar-refractivity contribution in [2.45, 2.75) is 234 Å². The van der Waals surface area contributed by atoms with E-state index in [1.165, 1.54) is 180 Å². The van der Waals surface area contributed by atoms with Gasteiger partial charge in [-0.15, -0.1) is 0 Å². The van der Waals surface area contributed by atoms with Crippen LogP contribution in [-0.4, -0.2) is 101 Å². The molecule has 0 rings (SSSR count). The van der Waals surface area contributed by atoms with E-state index in [1.807, 2.05) is 0 Å². The first-order chi connectivity index (χ1) is 26.9. The topological polar surface area (TPSA) is 60.5 Å². The van der Waals surface area contributed by atoms with E-state index in [-0.39, 0.29) is 0 Å². The van der Waals surface area contributed by atoms with Crippen molar-refractivity contribution in [1.82, 2.24) is 9.80 Å². The first-order valence-corrected chi connectivity index (χ1v) is 24.0. The summed E-state index contributed by atoms with van der Waals surface area (Å²) in [6.45, 7) is 29.0. The number of carbonyl (C=O) groups is 1. The fraction of sp³-hybridized carbons (Fsp3) is 0.979. The van der Waals surface area contributed by atoms with Crippen molar-refractivity contribution >= 4 is 6.47 Å². The summed E-state index contributed by atoms with van der Waals surface area (Å²) >= 11 is 0. The normalized spacial score (nSPS) is 11.3. The van der Waals surface area contributed by atoms with Crippen molar-refractivity contribution in [1.29, 1.82) is 0 Å². The minimum Gasteiger partial charge on any atom is -0.468 e. The third kappa shape index (κ3) is 53.3. The van der Waals surface area contributed by atoms with E-state index in [2.05, 4.69) is 69.9 Å². The van der Waals surface area contributed by atoms with Gasteiger partial charge in [0.05, 0.1) is 6.61 Å². The number of ether oxygens (including phenoxy) is 4. The number of unbranched alkanes of at least 4 members (excludes halogenated alkanes) is 20. The van der Waals surface area contributed by atoms with Crippen molar-refractivity contribution < 1.29 is 23.7 Å². The minimum absolute atomic E-state index is 0.529. The van der Waals surface area contributed by atoms with E-state index >= 15 is 0 Å². The standard InChI is InChI=1S/C17H34O3.C17H36O2.C14H32N2/c1-2-3-4-5-8-11-14-19-15-12-9-6-7-10-13-16-20-17-18;1-3-4-5-6-10-13-16-19-17-14-11-8-7-9-12-15-18-2;1-7-9-15(10-8-2)11-12-16(13(3)4)14(5)6/h17H,2-16H2,1H3;3-17H2,1-2H3;13-14H,7-12H2,1-6H3. The highest BCUT2D eigenvalue weighted by Crippen LogP contribution is 2.10. The minimum atomic E-state index is 0.529. The van der Waals surface area contributed by atoms with Gasteiger partial charge in [-0.3, -0.25) is 9.69 Å². The summed E-state index contributed by atoms with van der Waals surface area (Å²) in [6, 6.07) is 1.32. The van der Waals surface area contributed by atoms with Crippen LogP contribution in [0.2, 0.25) is 0 Å². The van der Waals surface area contributed by atoms with E-state index in [4.69, 9.17) is 14.2 Å². The predicted octanol–water partition coefficient (Wildman–Crippen LogP) is 13.5. The lowest BCUT2D eigenvalue weighted by molar-refractivity contribution is -0.128. The van der Waals surface area contributed by atoms with Gasteiger partial charge in [-0.25, -0.2) is 0 Å². The van der Waals surface area contributed by atoms with Crippen LogP contribution in [0, 0.1) is 0 Å². The molecule has 0 heterocycles. The third-order valence-corrected chi connectivity index (χ3v) is 10.1. The summed E-state index contributed by atoms with van der Waals surface area (Å²) in [5, 5.41) is 0. The monoisotopic (exact) mass is 787 g/mol. The Labute approximate surface area is 346 Å². The Morgan fingerprint density at radius 2 is 0.727 bits per heavy atom. The van der Waals surface area contributed by atoms with Crippen molar-refractivity contribution in [3.63, 3.8) is 0 Å². The molecule has 55 heavy (non-hydrogen) atoms. The molecule has 0 saturated carbocycles. The van der Waals surface area contributed by atoms with E-state index in [9.17, 15) is 4.79 Å². The molecule has 0 aliphatic heterocycles. The lowest BCUT2D eigenvalue weighted by Crippen LogP contribution is -2.42. The molecule has 334 valence electrons. The molecule has 0 radical (unpaired) electrons. The molecule has 0 aromatic heterocycles. The number of hydrogen-bond donors (Lipinski definition) is 0. The molecule has 0 unspecified atom stereocenters. The van der Waals surface area contributed by atoms with E-state index in [0.29, 0.717) is 25.2 Å². The third-order valence-electron chi connectivity index (χ3n) is 10.1. The van der Waals surface area contributed by atoms with Gasteiger partial charge >= 0.3 is 0 Å². The second-order valence-electron chi connectivity index (χ2n) is 16.2. The molecule has 7 nitrogen and oxygen atoms in total. The Kier molecular flexibility index (Phi) is 56.7. The van der Waals surface area contributed by atoms with Crippen LogP contribution in [0.5, 0.6) is 0 Å². The van der Waals surface area contributed by atoms with Crippen LogP contribution in [0.3, 0.4) is 0 Å². The molecule has 0 aromatic rings. The zero-order chi connectivity index (χ0) is 41.3. The lowest BCUT2D eigenvalue weighted by Gasteiger charge is -2.33. The molecule has 0 fully saturated rings. The molecule has 0 atom stereocenters. The highest BCUT2D eigenvalue weighted by atomic mass is 16.5. The fourth-order valence-corrected chi connectivity index (χ4v) is 6.81. The smallest absolute Gasteiger partial charge is 0.293 e. The quantitative estimate of drug-likeness (QED) is 0.0451. The zero-order valence-electron chi connectivity index (χ0n) is 39.1. The van der Waals surface area contributed by atoms with Gasteiger partial charge in [0, 0.05) is 65.3 Å². The average Bonchev–Trinajstić information content (AvgIpc) is 3.16. The molecular weight excluding hydrogens is 685 g/mol. The largest absolute Gasteiger partial charge is 0.468 e. The maximum Gasteiger partial charge on any atom is 0.293 e. The number of methoxy groups -OCH3 is 1. The second kappa shape index (κ2) is 53.3. The summed E-state index contributed by atoms with van der Waals surface area (Å²) < 4.78 is 21.0. The summed E-state index contributed by atoms with van der Waals surface area (Å²) in [5.41, 5.74) is 0. The van der Waals surface area contributed by atoms with Crippen molar-refractivity contribution in [2.75, 3.05) is 72.9 Å². The van der Waals surface area contributed by atoms with E-state index in [1.54, 1.807) is 7.11 Å². The summed E-state index contributed by atoms with van der Waals surface area (Å²) in [5.74, 6) is 0. The molecule has 0 saturated heterocycles. The first kappa shape index (κ1) is 58.6. The predicted molar refractivity (Wildman–Crippen MR) is 242 cm³/mol. The Balaban J connectivity index is -0.000000742. The maximum atomic E-state index is 9.92. The molecule has 0 bridgehead atoms. The molecular formula is C48H102N2O5. The molecule has 0 N–H and O–H groups in total. The number of rotatable bonds is 42.